The Bertz CT molecular complexity index is 968. The Kier molecular flexibility index (Phi) is 5.53. The fourth-order valence-electron chi connectivity index (χ4n) is 2.41. The predicted octanol–water partition coefficient (Wildman–Crippen LogP) is 4.23. The molecule has 0 spiro atoms. The van der Waals surface area contributed by atoms with Crippen molar-refractivity contribution >= 4 is 38.3 Å². The van der Waals surface area contributed by atoms with Crippen molar-refractivity contribution in [3.63, 3.8) is 0 Å². The van der Waals surface area contributed by atoms with Gasteiger partial charge in [0.25, 0.3) is 5.91 Å². The second-order valence-electron chi connectivity index (χ2n) is 5.67. The molecule has 0 saturated heterocycles. The number of ether oxygens (including phenoxy) is 1. The molecule has 3 rings (SSSR count). The van der Waals surface area contributed by atoms with Gasteiger partial charge in [-0.15, -0.1) is 0 Å². The van der Waals surface area contributed by atoms with Gasteiger partial charge in [0, 0.05) is 0 Å². The number of hydrogen-bond donors (Lipinski definition) is 2. The normalized spacial score (nSPS) is 11.4. The molecule has 0 radical (unpaired) electrons. The number of carbonyl (C=O) groups excluding carboxylic acids is 1. The van der Waals surface area contributed by atoms with E-state index in [4.69, 9.17) is 4.74 Å². The molecule has 3 aromatic rings. The lowest BCUT2D eigenvalue weighted by molar-refractivity contribution is -0.123. The van der Waals surface area contributed by atoms with E-state index >= 15 is 0 Å². The summed E-state index contributed by atoms with van der Waals surface area (Å²) in [5, 5.41) is 15.5. The fraction of sp³-hybridized carbons (Fsp3) is 0.100. The predicted molar refractivity (Wildman–Crippen MR) is 106 cm³/mol. The van der Waals surface area contributed by atoms with Gasteiger partial charge in [0.15, 0.2) is 6.61 Å². The molecule has 0 aliphatic carbocycles. The summed E-state index contributed by atoms with van der Waals surface area (Å²) in [6.07, 6.45) is 0. The largest absolute Gasteiger partial charge is 0.508 e. The Morgan fingerprint density at radius 3 is 2.62 bits per heavy atom. The number of hydrogen-bond acceptors (Lipinski definition) is 4. The number of rotatable bonds is 5. The maximum absolute atomic E-state index is 12.0. The lowest BCUT2D eigenvalue weighted by Gasteiger charge is -2.10. The van der Waals surface area contributed by atoms with Crippen LogP contribution in [0.25, 0.3) is 10.8 Å². The summed E-state index contributed by atoms with van der Waals surface area (Å²) in [5.41, 5.74) is 3.91. The van der Waals surface area contributed by atoms with E-state index in [-0.39, 0.29) is 18.3 Å². The molecular formula is C20H17BrN2O3. The van der Waals surface area contributed by atoms with Gasteiger partial charge >= 0.3 is 0 Å². The third kappa shape index (κ3) is 4.21. The number of hydrazone groups is 1. The van der Waals surface area contributed by atoms with E-state index in [9.17, 15) is 9.90 Å². The van der Waals surface area contributed by atoms with Gasteiger partial charge in [-0.2, -0.15) is 5.10 Å². The number of amides is 1. The molecule has 0 atom stereocenters. The molecule has 0 aromatic heterocycles. The van der Waals surface area contributed by atoms with Crippen molar-refractivity contribution in [1.29, 1.82) is 0 Å². The smallest absolute Gasteiger partial charge is 0.277 e. The Balaban J connectivity index is 1.61. The van der Waals surface area contributed by atoms with Crippen LogP contribution in [0.2, 0.25) is 0 Å². The van der Waals surface area contributed by atoms with E-state index in [1.807, 2.05) is 36.4 Å². The standard InChI is InChI=1S/C20H17BrN2O3/c1-13(14-6-9-16(24)10-7-14)22-23-19(25)12-26-18-11-8-15-4-2-3-5-17(15)20(18)21/h2-11,24H,12H2,1H3,(H,23,25). The summed E-state index contributed by atoms with van der Waals surface area (Å²) in [5.74, 6) is 0.418. The monoisotopic (exact) mass is 412 g/mol. The van der Waals surface area contributed by atoms with Crippen molar-refractivity contribution in [2.45, 2.75) is 6.92 Å². The Labute approximate surface area is 159 Å². The van der Waals surface area contributed by atoms with Gasteiger partial charge in [-0.25, -0.2) is 5.43 Å². The highest BCUT2D eigenvalue weighted by molar-refractivity contribution is 9.10. The molecule has 0 aliphatic rings. The molecule has 0 heterocycles. The van der Waals surface area contributed by atoms with Crippen LogP contribution in [0.5, 0.6) is 11.5 Å². The number of phenolic OH excluding ortho intramolecular Hbond substituents is 1. The van der Waals surface area contributed by atoms with Crippen molar-refractivity contribution in [2.24, 2.45) is 5.10 Å². The van der Waals surface area contributed by atoms with Gasteiger partial charge in [-0.3, -0.25) is 4.79 Å². The molecule has 1 amide bonds. The van der Waals surface area contributed by atoms with Crippen LogP contribution in [-0.2, 0) is 4.79 Å². The zero-order valence-electron chi connectivity index (χ0n) is 14.1. The van der Waals surface area contributed by atoms with Crippen LogP contribution in [0, 0.1) is 0 Å². The van der Waals surface area contributed by atoms with Crippen LogP contribution >= 0.6 is 15.9 Å². The molecule has 0 unspecified atom stereocenters. The number of benzene rings is 3. The summed E-state index contributed by atoms with van der Waals surface area (Å²) in [7, 11) is 0. The zero-order valence-corrected chi connectivity index (χ0v) is 15.7. The molecule has 0 saturated carbocycles. The Hall–Kier alpha value is -2.86. The molecule has 6 heteroatoms. The molecular weight excluding hydrogens is 396 g/mol. The maximum atomic E-state index is 12.0. The van der Waals surface area contributed by atoms with Gasteiger partial charge < -0.3 is 9.84 Å². The first kappa shape index (κ1) is 17.9. The first-order valence-corrected chi connectivity index (χ1v) is 8.76. The number of nitrogens with zero attached hydrogens (tertiary/aromatic N) is 1. The van der Waals surface area contributed by atoms with Gasteiger partial charge in [0.1, 0.15) is 11.5 Å². The lowest BCUT2D eigenvalue weighted by Crippen LogP contribution is -2.25. The topological polar surface area (TPSA) is 70.9 Å². The second kappa shape index (κ2) is 8.01. The van der Waals surface area contributed by atoms with E-state index in [0.717, 1.165) is 20.8 Å². The summed E-state index contributed by atoms with van der Waals surface area (Å²) in [6, 6.07) is 18.3. The molecule has 0 bridgehead atoms. The average molecular weight is 413 g/mol. The van der Waals surface area contributed by atoms with E-state index in [2.05, 4.69) is 26.5 Å². The van der Waals surface area contributed by atoms with Crippen molar-refractivity contribution in [3.05, 3.63) is 70.7 Å². The zero-order chi connectivity index (χ0) is 18.5. The minimum absolute atomic E-state index is 0.150. The summed E-state index contributed by atoms with van der Waals surface area (Å²) in [4.78, 5) is 12.0. The van der Waals surface area contributed by atoms with Crippen LogP contribution in [0.4, 0.5) is 0 Å². The number of phenols is 1. The van der Waals surface area contributed by atoms with E-state index in [1.54, 1.807) is 31.2 Å². The van der Waals surface area contributed by atoms with Gasteiger partial charge in [-0.1, -0.05) is 30.3 Å². The minimum atomic E-state index is -0.358. The van der Waals surface area contributed by atoms with Crippen LogP contribution < -0.4 is 10.2 Å². The number of carbonyl (C=O) groups is 1. The van der Waals surface area contributed by atoms with Crippen LogP contribution in [0.3, 0.4) is 0 Å². The van der Waals surface area contributed by atoms with Crippen LogP contribution in [0.15, 0.2) is 70.2 Å². The van der Waals surface area contributed by atoms with Crippen molar-refractivity contribution < 1.29 is 14.6 Å². The van der Waals surface area contributed by atoms with Crippen LogP contribution in [0.1, 0.15) is 12.5 Å². The lowest BCUT2D eigenvalue weighted by atomic mass is 10.1. The molecule has 0 aliphatic heterocycles. The fourth-order valence-corrected chi connectivity index (χ4v) is 3.02. The average Bonchev–Trinajstić information content (AvgIpc) is 2.66. The molecule has 5 nitrogen and oxygen atoms in total. The highest BCUT2D eigenvalue weighted by Gasteiger charge is 2.08. The Morgan fingerprint density at radius 1 is 1.12 bits per heavy atom. The van der Waals surface area contributed by atoms with E-state index in [1.165, 1.54) is 0 Å². The molecule has 0 fully saturated rings. The highest BCUT2D eigenvalue weighted by atomic mass is 79.9. The van der Waals surface area contributed by atoms with Gasteiger partial charge in [0.05, 0.1) is 10.2 Å². The molecule has 3 aromatic carbocycles. The summed E-state index contributed by atoms with van der Waals surface area (Å²) >= 11 is 3.53. The van der Waals surface area contributed by atoms with Crippen molar-refractivity contribution in [2.75, 3.05) is 6.61 Å². The summed E-state index contributed by atoms with van der Waals surface area (Å²) in [6.45, 7) is 1.62. The van der Waals surface area contributed by atoms with Crippen molar-refractivity contribution in [3.8, 4) is 11.5 Å². The molecule has 2 N–H and O–H groups in total. The third-order valence-electron chi connectivity index (χ3n) is 3.82. The number of nitrogens with one attached hydrogen (secondary N) is 1. The van der Waals surface area contributed by atoms with E-state index < -0.39 is 0 Å². The highest BCUT2D eigenvalue weighted by Crippen LogP contribution is 2.32. The minimum Gasteiger partial charge on any atom is -0.508 e. The second-order valence-corrected chi connectivity index (χ2v) is 6.46. The maximum Gasteiger partial charge on any atom is 0.277 e. The molecule has 132 valence electrons. The number of fused-ring (bicyclic) bond motifs is 1. The third-order valence-corrected chi connectivity index (χ3v) is 4.64. The Morgan fingerprint density at radius 2 is 1.85 bits per heavy atom. The van der Waals surface area contributed by atoms with Gasteiger partial charge in [0.2, 0.25) is 0 Å². The van der Waals surface area contributed by atoms with Crippen molar-refractivity contribution in [1.82, 2.24) is 5.43 Å². The molecule has 26 heavy (non-hydrogen) atoms. The quantitative estimate of drug-likeness (QED) is 0.486. The number of halogens is 1. The SMILES string of the molecule is CC(=NNC(=O)COc1ccc2ccccc2c1Br)c1ccc(O)cc1. The van der Waals surface area contributed by atoms with Crippen LogP contribution in [-0.4, -0.2) is 23.3 Å². The first-order valence-electron chi connectivity index (χ1n) is 7.97. The first-order chi connectivity index (χ1) is 12.5. The van der Waals surface area contributed by atoms with Gasteiger partial charge in [-0.05, 0) is 69.5 Å². The summed E-state index contributed by atoms with van der Waals surface area (Å²) < 4.78 is 6.41. The van der Waals surface area contributed by atoms with E-state index in [0.29, 0.717) is 11.5 Å². The number of aromatic hydroxyl groups is 1.